The summed E-state index contributed by atoms with van der Waals surface area (Å²) in [7, 11) is 0. The number of Topliss-reactive ketones (excluding diaryl/α,β-unsaturated/α-hetero) is 1. The van der Waals surface area contributed by atoms with Crippen molar-refractivity contribution in [1.29, 1.82) is 0 Å². The molecule has 0 aromatic carbocycles. The minimum atomic E-state index is -0.0244. The summed E-state index contributed by atoms with van der Waals surface area (Å²) < 4.78 is 12.3. The number of hydrogen-bond acceptors (Lipinski definition) is 3. The van der Waals surface area contributed by atoms with E-state index in [4.69, 9.17) is 9.47 Å². The van der Waals surface area contributed by atoms with Crippen LogP contribution in [0.2, 0.25) is 0 Å². The minimum absolute atomic E-state index is 0.0244. The van der Waals surface area contributed by atoms with E-state index >= 15 is 0 Å². The molecule has 1 rings (SSSR count). The Morgan fingerprint density at radius 1 is 0.828 bits per heavy atom. The third-order valence-electron chi connectivity index (χ3n) is 7.44. The van der Waals surface area contributed by atoms with Gasteiger partial charge in [0.05, 0.1) is 6.10 Å². The van der Waals surface area contributed by atoms with E-state index in [2.05, 4.69) is 41.5 Å². The fourth-order valence-electron chi connectivity index (χ4n) is 4.65. The fourth-order valence-corrected chi connectivity index (χ4v) is 4.65. The van der Waals surface area contributed by atoms with Crippen LogP contribution in [-0.2, 0) is 14.3 Å². The van der Waals surface area contributed by atoms with Gasteiger partial charge in [-0.1, -0.05) is 86.5 Å². The quantitative estimate of drug-likeness (QED) is 0.246. The molecule has 5 atom stereocenters. The molecule has 0 spiro atoms. The summed E-state index contributed by atoms with van der Waals surface area (Å²) in [4.78, 5) is 12.0. The molecule has 0 aromatic heterocycles. The summed E-state index contributed by atoms with van der Waals surface area (Å²) in [5, 5.41) is 0. The standard InChI is InChI=1S/C26H50O3/c1-7-23(8-2)19-24(27)17-15-13-11-10-12-14-16-18-28-26-22(6)20(4)21(5)25(9-3)29-26/h20-23,25-26H,7-19H2,1-6H3. The maximum absolute atomic E-state index is 12.0. The lowest BCUT2D eigenvalue weighted by Gasteiger charge is -2.43. The summed E-state index contributed by atoms with van der Waals surface area (Å²) >= 11 is 0. The second kappa shape index (κ2) is 15.4. The maximum Gasteiger partial charge on any atom is 0.160 e. The molecule has 1 fully saturated rings. The molecule has 0 amide bonds. The van der Waals surface area contributed by atoms with E-state index in [0.29, 0.717) is 35.6 Å². The average molecular weight is 411 g/mol. The van der Waals surface area contributed by atoms with E-state index in [0.717, 1.165) is 51.6 Å². The zero-order valence-corrected chi connectivity index (χ0v) is 20.4. The molecule has 1 saturated heterocycles. The van der Waals surface area contributed by atoms with Gasteiger partial charge in [0.2, 0.25) is 0 Å². The molecule has 1 heterocycles. The van der Waals surface area contributed by atoms with Crippen LogP contribution in [-0.4, -0.2) is 24.8 Å². The summed E-state index contributed by atoms with van der Waals surface area (Å²) in [5.41, 5.74) is 0. The first-order valence-corrected chi connectivity index (χ1v) is 12.7. The molecule has 0 aromatic rings. The lowest BCUT2D eigenvalue weighted by Crippen LogP contribution is -2.45. The Labute approximate surface area is 181 Å². The predicted molar refractivity (Wildman–Crippen MR) is 123 cm³/mol. The summed E-state index contributed by atoms with van der Waals surface area (Å²) in [5.74, 6) is 2.82. The van der Waals surface area contributed by atoms with Crippen molar-refractivity contribution in [3.63, 3.8) is 0 Å². The first-order valence-electron chi connectivity index (χ1n) is 12.7. The second-order valence-corrected chi connectivity index (χ2v) is 9.55. The van der Waals surface area contributed by atoms with Crippen molar-refractivity contribution >= 4 is 5.78 Å². The molecule has 0 aliphatic carbocycles. The van der Waals surface area contributed by atoms with Crippen LogP contribution in [0.25, 0.3) is 0 Å². The fraction of sp³-hybridized carbons (Fsp3) is 0.962. The van der Waals surface area contributed by atoms with Crippen molar-refractivity contribution in [2.75, 3.05) is 6.61 Å². The highest BCUT2D eigenvalue weighted by atomic mass is 16.7. The van der Waals surface area contributed by atoms with Crippen LogP contribution in [0.4, 0.5) is 0 Å². The van der Waals surface area contributed by atoms with E-state index in [1.807, 2.05) is 0 Å². The Balaban J connectivity index is 2.00. The molecule has 5 unspecified atom stereocenters. The van der Waals surface area contributed by atoms with Crippen molar-refractivity contribution in [3.05, 3.63) is 0 Å². The predicted octanol–water partition coefficient (Wildman–Crippen LogP) is 7.56. The Bertz CT molecular complexity index is 416. The number of ketones is 1. The van der Waals surface area contributed by atoms with E-state index < -0.39 is 0 Å². The van der Waals surface area contributed by atoms with Gasteiger partial charge >= 0.3 is 0 Å². The molecule has 3 nitrogen and oxygen atoms in total. The van der Waals surface area contributed by atoms with E-state index in [-0.39, 0.29) is 6.29 Å². The van der Waals surface area contributed by atoms with Crippen molar-refractivity contribution in [1.82, 2.24) is 0 Å². The largest absolute Gasteiger partial charge is 0.352 e. The SMILES string of the molecule is CCC(CC)CC(=O)CCCCCCCCCOC1OC(CC)C(C)C(C)C1C. The molecule has 3 heteroatoms. The summed E-state index contributed by atoms with van der Waals surface area (Å²) in [6.45, 7) is 14.3. The van der Waals surface area contributed by atoms with Crippen molar-refractivity contribution < 1.29 is 14.3 Å². The number of unbranched alkanes of at least 4 members (excludes halogenated alkanes) is 6. The van der Waals surface area contributed by atoms with Gasteiger partial charge < -0.3 is 9.47 Å². The first-order chi connectivity index (χ1) is 13.9. The van der Waals surface area contributed by atoms with Gasteiger partial charge in [0, 0.05) is 25.4 Å². The highest BCUT2D eigenvalue weighted by Crippen LogP contribution is 2.36. The van der Waals surface area contributed by atoms with E-state index in [1.165, 1.54) is 32.1 Å². The van der Waals surface area contributed by atoms with Crippen LogP contribution in [0.3, 0.4) is 0 Å². The number of carbonyl (C=O) groups excluding carboxylic acids is 1. The Kier molecular flexibility index (Phi) is 14.1. The minimum Gasteiger partial charge on any atom is -0.352 e. The Hall–Kier alpha value is -0.410. The van der Waals surface area contributed by atoms with Gasteiger partial charge in [0.25, 0.3) is 0 Å². The normalized spacial score (nSPS) is 27.5. The Morgan fingerprint density at radius 2 is 1.41 bits per heavy atom. The van der Waals surface area contributed by atoms with Crippen LogP contribution in [0.1, 0.15) is 119 Å². The van der Waals surface area contributed by atoms with Crippen molar-refractivity contribution in [2.45, 2.75) is 131 Å². The van der Waals surface area contributed by atoms with Gasteiger partial charge in [-0.25, -0.2) is 0 Å². The van der Waals surface area contributed by atoms with Crippen LogP contribution in [0.5, 0.6) is 0 Å². The number of rotatable bonds is 16. The van der Waals surface area contributed by atoms with Crippen LogP contribution >= 0.6 is 0 Å². The topological polar surface area (TPSA) is 35.5 Å². The molecule has 1 aliphatic rings. The first kappa shape index (κ1) is 26.6. The number of ether oxygens (including phenoxy) is 2. The van der Waals surface area contributed by atoms with Crippen molar-refractivity contribution in [2.24, 2.45) is 23.7 Å². The monoisotopic (exact) mass is 410 g/mol. The summed E-state index contributed by atoms with van der Waals surface area (Å²) in [6, 6.07) is 0. The molecular formula is C26H50O3. The average Bonchev–Trinajstić information content (AvgIpc) is 2.73. The van der Waals surface area contributed by atoms with Crippen molar-refractivity contribution in [3.8, 4) is 0 Å². The van der Waals surface area contributed by atoms with Gasteiger partial charge in [-0.2, -0.15) is 0 Å². The highest BCUT2D eigenvalue weighted by Gasteiger charge is 2.38. The van der Waals surface area contributed by atoms with Gasteiger partial charge in [-0.15, -0.1) is 0 Å². The molecular weight excluding hydrogens is 360 g/mol. The molecule has 0 bridgehead atoms. The van der Waals surface area contributed by atoms with Crippen LogP contribution in [0.15, 0.2) is 0 Å². The Morgan fingerprint density at radius 3 is 2.00 bits per heavy atom. The smallest absolute Gasteiger partial charge is 0.160 e. The summed E-state index contributed by atoms with van der Waals surface area (Å²) in [6.07, 6.45) is 13.7. The van der Waals surface area contributed by atoms with Gasteiger partial charge in [-0.3, -0.25) is 4.79 Å². The molecule has 1 aliphatic heterocycles. The number of hydrogen-bond donors (Lipinski definition) is 0. The van der Waals surface area contributed by atoms with Crippen LogP contribution in [0, 0.1) is 23.7 Å². The van der Waals surface area contributed by atoms with E-state index in [1.54, 1.807) is 0 Å². The maximum atomic E-state index is 12.0. The lowest BCUT2D eigenvalue weighted by atomic mass is 9.78. The molecule has 0 radical (unpaired) electrons. The van der Waals surface area contributed by atoms with Gasteiger partial charge in [-0.05, 0) is 37.0 Å². The molecule has 0 N–H and O–H groups in total. The second-order valence-electron chi connectivity index (χ2n) is 9.55. The zero-order chi connectivity index (χ0) is 21.6. The highest BCUT2D eigenvalue weighted by molar-refractivity contribution is 5.78. The van der Waals surface area contributed by atoms with Gasteiger partial charge in [0.15, 0.2) is 6.29 Å². The lowest BCUT2D eigenvalue weighted by molar-refractivity contribution is -0.248. The van der Waals surface area contributed by atoms with Crippen LogP contribution < -0.4 is 0 Å². The third kappa shape index (κ3) is 9.96. The third-order valence-corrected chi connectivity index (χ3v) is 7.44. The molecule has 29 heavy (non-hydrogen) atoms. The molecule has 0 saturated carbocycles. The van der Waals surface area contributed by atoms with Gasteiger partial charge in [0.1, 0.15) is 5.78 Å². The van der Waals surface area contributed by atoms with E-state index in [9.17, 15) is 4.79 Å². The zero-order valence-electron chi connectivity index (χ0n) is 20.4. The molecule has 172 valence electrons. The number of carbonyl (C=O) groups is 1.